The Balaban J connectivity index is 1.91. The van der Waals surface area contributed by atoms with Gasteiger partial charge in [-0.15, -0.1) is 0 Å². The van der Waals surface area contributed by atoms with Crippen LogP contribution in [0.5, 0.6) is 0 Å². The minimum absolute atomic E-state index is 0.0276. The first-order valence-electron chi connectivity index (χ1n) is 7.69. The van der Waals surface area contributed by atoms with E-state index >= 15 is 0 Å². The lowest BCUT2D eigenvalue weighted by atomic mass is 9.51. The molecule has 2 aliphatic carbocycles. The standard InChI is InChI=1S/C15H22N2O2/c1-17-11-5-8-14(13(17)19)6-2-3-7-15(14)9-4-10(11)12(18)16-15/h10-11H,2-9H2,1H3,(H,16,18)/t10?,11?,14-,15+/m0/s1. The van der Waals surface area contributed by atoms with Crippen LogP contribution in [0.2, 0.25) is 0 Å². The van der Waals surface area contributed by atoms with Crippen LogP contribution in [0, 0.1) is 11.3 Å². The second kappa shape index (κ2) is 3.53. The van der Waals surface area contributed by atoms with E-state index < -0.39 is 0 Å². The Hall–Kier alpha value is -1.06. The number of piperidine rings is 2. The van der Waals surface area contributed by atoms with Gasteiger partial charge in [-0.3, -0.25) is 9.59 Å². The second-order valence-electron chi connectivity index (χ2n) is 7.03. The van der Waals surface area contributed by atoms with Gasteiger partial charge in [0.15, 0.2) is 0 Å². The summed E-state index contributed by atoms with van der Waals surface area (Å²) in [6.07, 6.45) is 8.22. The quantitative estimate of drug-likeness (QED) is 0.718. The third-order valence-corrected chi connectivity index (χ3v) is 6.51. The van der Waals surface area contributed by atoms with E-state index in [-0.39, 0.29) is 28.8 Å². The molecule has 2 unspecified atom stereocenters. The molecule has 19 heavy (non-hydrogen) atoms. The molecule has 0 radical (unpaired) electrons. The van der Waals surface area contributed by atoms with Crippen LogP contribution in [-0.2, 0) is 9.59 Å². The monoisotopic (exact) mass is 262 g/mol. The summed E-state index contributed by atoms with van der Waals surface area (Å²) in [5, 5.41) is 3.32. The maximum absolute atomic E-state index is 13.0. The van der Waals surface area contributed by atoms with Gasteiger partial charge in [0.25, 0.3) is 0 Å². The maximum Gasteiger partial charge on any atom is 0.231 e. The van der Waals surface area contributed by atoms with E-state index in [0.717, 1.165) is 51.4 Å². The summed E-state index contributed by atoms with van der Waals surface area (Å²) in [5.74, 6) is 0.550. The van der Waals surface area contributed by atoms with Crippen molar-refractivity contribution in [2.75, 3.05) is 7.05 Å². The molecule has 0 aromatic heterocycles. The minimum Gasteiger partial charge on any atom is -0.349 e. The van der Waals surface area contributed by atoms with Gasteiger partial charge in [-0.25, -0.2) is 0 Å². The molecule has 4 nitrogen and oxygen atoms in total. The number of amides is 2. The molecule has 2 saturated carbocycles. The van der Waals surface area contributed by atoms with Crippen molar-refractivity contribution in [1.82, 2.24) is 10.2 Å². The van der Waals surface area contributed by atoms with Crippen LogP contribution in [0.4, 0.5) is 0 Å². The lowest BCUT2D eigenvalue weighted by Crippen LogP contribution is -2.76. The Labute approximate surface area is 113 Å². The molecule has 5 saturated heterocycles. The minimum atomic E-state index is -0.294. The van der Waals surface area contributed by atoms with E-state index in [2.05, 4.69) is 5.32 Å². The van der Waals surface area contributed by atoms with Gasteiger partial charge in [-0.05, 0) is 38.5 Å². The molecule has 4 heteroatoms. The Bertz CT molecular complexity index is 463. The lowest BCUT2D eigenvalue weighted by Gasteiger charge is -2.63. The normalized spacial score (nSPS) is 48.6. The molecule has 4 bridgehead atoms. The highest BCUT2D eigenvalue weighted by Gasteiger charge is 2.65. The van der Waals surface area contributed by atoms with Crippen molar-refractivity contribution >= 4 is 11.8 Å². The van der Waals surface area contributed by atoms with Crippen LogP contribution in [0.3, 0.4) is 0 Å². The van der Waals surface area contributed by atoms with Crippen LogP contribution >= 0.6 is 0 Å². The first-order chi connectivity index (χ1) is 9.10. The maximum atomic E-state index is 13.0. The molecule has 7 aliphatic rings. The summed E-state index contributed by atoms with van der Waals surface area (Å²) in [6.45, 7) is 0. The van der Waals surface area contributed by atoms with E-state index in [4.69, 9.17) is 0 Å². The largest absolute Gasteiger partial charge is 0.349 e. The summed E-state index contributed by atoms with van der Waals surface area (Å²) < 4.78 is 0. The van der Waals surface area contributed by atoms with Crippen LogP contribution in [0.25, 0.3) is 0 Å². The van der Waals surface area contributed by atoms with E-state index in [1.807, 2.05) is 11.9 Å². The molecule has 0 aromatic carbocycles. The first-order valence-corrected chi connectivity index (χ1v) is 7.69. The van der Waals surface area contributed by atoms with Gasteiger partial charge in [-0.1, -0.05) is 12.8 Å². The fourth-order valence-corrected chi connectivity index (χ4v) is 5.50. The van der Waals surface area contributed by atoms with Crippen molar-refractivity contribution in [3.05, 3.63) is 0 Å². The van der Waals surface area contributed by atoms with Crippen LogP contribution in [0.15, 0.2) is 0 Å². The molecule has 5 heterocycles. The number of nitrogens with one attached hydrogen (secondary N) is 1. The molecule has 5 aliphatic heterocycles. The molecule has 7 fully saturated rings. The second-order valence-corrected chi connectivity index (χ2v) is 7.03. The summed E-state index contributed by atoms with van der Waals surface area (Å²) in [4.78, 5) is 27.4. The third kappa shape index (κ3) is 1.21. The zero-order valence-electron chi connectivity index (χ0n) is 11.6. The fraction of sp³-hybridized carbons (Fsp3) is 0.867. The highest BCUT2D eigenvalue weighted by molar-refractivity contribution is 5.91. The number of hydrogen-bond acceptors (Lipinski definition) is 2. The zero-order valence-corrected chi connectivity index (χ0v) is 11.6. The smallest absolute Gasteiger partial charge is 0.231 e. The van der Waals surface area contributed by atoms with Crippen molar-refractivity contribution in [2.45, 2.75) is 62.9 Å². The molecule has 2 spiro atoms. The molecule has 1 N–H and O–H groups in total. The summed E-state index contributed by atoms with van der Waals surface area (Å²) >= 11 is 0. The van der Waals surface area contributed by atoms with E-state index in [9.17, 15) is 9.59 Å². The van der Waals surface area contributed by atoms with Crippen molar-refractivity contribution in [3.8, 4) is 0 Å². The molecule has 2 amide bonds. The predicted molar refractivity (Wildman–Crippen MR) is 70.3 cm³/mol. The number of nitrogens with zero attached hydrogens (tertiary/aromatic N) is 1. The van der Waals surface area contributed by atoms with Gasteiger partial charge >= 0.3 is 0 Å². The van der Waals surface area contributed by atoms with Gasteiger partial charge < -0.3 is 10.2 Å². The topological polar surface area (TPSA) is 49.4 Å². The third-order valence-electron chi connectivity index (χ3n) is 6.51. The summed E-state index contributed by atoms with van der Waals surface area (Å²) in [6, 6.07) is 0.137. The zero-order chi connectivity index (χ0) is 13.3. The van der Waals surface area contributed by atoms with Gasteiger partial charge in [0.05, 0.1) is 16.9 Å². The Kier molecular flexibility index (Phi) is 2.18. The molecule has 4 atom stereocenters. The highest BCUT2D eigenvalue weighted by atomic mass is 16.2. The van der Waals surface area contributed by atoms with Crippen LogP contribution < -0.4 is 5.32 Å². The number of carbonyl (C=O) groups excluding carboxylic acids is 2. The average Bonchev–Trinajstić information content (AvgIpc) is 2.37. The van der Waals surface area contributed by atoms with E-state index in [1.54, 1.807) is 0 Å². The van der Waals surface area contributed by atoms with E-state index in [0.29, 0.717) is 5.91 Å². The van der Waals surface area contributed by atoms with Gasteiger partial charge in [0, 0.05) is 13.1 Å². The van der Waals surface area contributed by atoms with Gasteiger partial charge in [0.2, 0.25) is 11.8 Å². The Morgan fingerprint density at radius 2 is 1.89 bits per heavy atom. The number of hydrogen-bond donors (Lipinski definition) is 1. The van der Waals surface area contributed by atoms with Gasteiger partial charge in [0.1, 0.15) is 0 Å². The highest BCUT2D eigenvalue weighted by Crippen LogP contribution is 2.57. The number of carbonyl (C=O) groups is 2. The van der Waals surface area contributed by atoms with Crippen LogP contribution in [0.1, 0.15) is 51.4 Å². The fourth-order valence-electron chi connectivity index (χ4n) is 5.50. The first kappa shape index (κ1) is 11.7. The molecular weight excluding hydrogens is 240 g/mol. The van der Waals surface area contributed by atoms with Crippen LogP contribution in [-0.4, -0.2) is 35.3 Å². The molecular formula is C15H22N2O2. The Morgan fingerprint density at radius 1 is 1.11 bits per heavy atom. The van der Waals surface area contributed by atoms with Crippen molar-refractivity contribution < 1.29 is 9.59 Å². The van der Waals surface area contributed by atoms with E-state index in [1.165, 1.54) is 0 Å². The molecule has 0 aromatic rings. The molecule has 7 rings (SSSR count). The molecule has 104 valence electrons. The van der Waals surface area contributed by atoms with Gasteiger partial charge in [-0.2, -0.15) is 0 Å². The average molecular weight is 262 g/mol. The van der Waals surface area contributed by atoms with Crippen molar-refractivity contribution in [3.63, 3.8) is 0 Å². The Morgan fingerprint density at radius 3 is 2.68 bits per heavy atom. The summed E-state index contributed by atoms with van der Waals surface area (Å²) in [7, 11) is 1.92. The summed E-state index contributed by atoms with van der Waals surface area (Å²) in [5.41, 5.74) is -0.521. The number of rotatable bonds is 0. The SMILES string of the molecule is CN1C(=O)[C@@]23CCCC[C@@]24CCC(C(=O)N4)C1CC3. The lowest BCUT2D eigenvalue weighted by molar-refractivity contribution is -0.177. The predicted octanol–water partition coefficient (Wildman–Crippen LogP) is 1.45. The van der Waals surface area contributed by atoms with Crippen molar-refractivity contribution in [2.24, 2.45) is 11.3 Å². The van der Waals surface area contributed by atoms with Crippen molar-refractivity contribution in [1.29, 1.82) is 0 Å².